The molecule has 12 nitrogen and oxygen atoms in total. The van der Waals surface area contributed by atoms with Gasteiger partial charge >= 0.3 is 0 Å². The Kier molecular flexibility index (Phi) is 12.6. The van der Waals surface area contributed by atoms with Gasteiger partial charge in [-0.3, -0.25) is 27.4 Å². The maximum atomic E-state index is 5.83. The maximum Gasteiger partial charge on any atom is 0.145 e. The Morgan fingerprint density at radius 3 is 0.406 bits per heavy atom. The molecule has 0 fully saturated rings. The zero-order valence-electron chi connectivity index (χ0n) is 51.5. The number of rotatable bonds is 12. The summed E-state index contributed by atoms with van der Waals surface area (Å²) in [5.74, 6) is 4.23. The van der Waals surface area contributed by atoms with Crippen LogP contribution in [0, 0.1) is 0 Å². The first-order chi connectivity index (χ1) is 47.7. The predicted octanol–water partition coefficient (Wildman–Crippen LogP) is 19.7. The summed E-state index contributed by atoms with van der Waals surface area (Å²) < 4.78 is 14.5. The minimum Gasteiger partial charge on any atom is -0.288 e. The number of para-hydroxylation sites is 12. The molecular formula is C84H54N12. The summed E-state index contributed by atoms with van der Waals surface area (Å²) in [6.45, 7) is 0. The van der Waals surface area contributed by atoms with Crippen molar-refractivity contribution in [3.8, 4) is 102 Å². The third kappa shape index (κ3) is 8.56. The lowest BCUT2D eigenvalue weighted by molar-refractivity contribution is 0.921. The Labute approximate surface area is 550 Å². The van der Waals surface area contributed by atoms with E-state index in [-0.39, 0.29) is 0 Å². The van der Waals surface area contributed by atoms with Crippen LogP contribution in [0.4, 0.5) is 0 Å². The fourth-order valence-electron chi connectivity index (χ4n) is 14.1. The van der Waals surface area contributed by atoms with Crippen molar-refractivity contribution in [3.63, 3.8) is 0 Å². The summed E-state index contributed by atoms with van der Waals surface area (Å²) in [6.07, 6.45) is 0. The predicted molar refractivity (Wildman–Crippen MR) is 387 cm³/mol. The van der Waals surface area contributed by atoms with Gasteiger partial charge in [0.2, 0.25) is 0 Å². The van der Waals surface area contributed by atoms with E-state index in [9.17, 15) is 0 Å². The van der Waals surface area contributed by atoms with E-state index in [0.29, 0.717) is 34.9 Å². The van der Waals surface area contributed by atoms with Gasteiger partial charge < -0.3 is 0 Å². The smallest absolute Gasteiger partial charge is 0.145 e. The first-order valence-electron chi connectivity index (χ1n) is 32.1. The topological polar surface area (TPSA) is 107 Å². The van der Waals surface area contributed by atoms with Gasteiger partial charge in [0, 0.05) is 33.4 Å². The third-order valence-electron chi connectivity index (χ3n) is 18.2. The fraction of sp³-hybridized carbons (Fsp3) is 0. The fourth-order valence-corrected chi connectivity index (χ4v) is 14.1. The van der Waals surface area contributed by atoms with Crippen LogP contribution in [-0.2, 0) is 0 Å². The van der Waals surface area contributed by atoms with Gasteiger partial charge in [0.05, 0.1) is 66.2 Å². The Bertz CT molecular complexity index is 5180. The Balaban J connectivity index is 1.23. The van der Waals surface area contributed by atoms with Crippen molar-refractivity contribution in [1.82, 2.24) is 57.3 Å². The molecule has 12 heteroatoms. The van der Waals surface area contributed by atoms with Gasteiger partial charge in [-0.2, -0.15) is 0 Å². The molecule has 0 radical (unpaired) electrons. The summed E-state index contributed by atoms with van der Waals surface area (Å²) in [5, 5.41) is 0. The van der Waals surface area contributed by atoms with E-state index in [2.05, 4.69) is 355 Å². The number of hydrogen-bond acceptors (Lipinski definition) is 6. The molecule has 6 heterocycles. The summed E-state index contributed by atoms with van der Waals surface area (Å²) in [4.78, 5) is 35.0. The standard InChI is InChI=1S/C84H54N12/c1-7-31-55(32-8-1)79-85-61-43-19-25-49-67(61)91(79)73-74(92-68-50-26-20-44-62(68)86-80(92)56-33-9-2-10-34-56)76(94-70-52-28-22-46-64(70)88-82(94)58-37-13-4-14-38-58)78(96-72-54-30-24-48-66(72)90-84(96)60-41-17-6-18-42-60)77(95-71-53-29-23-47-65(71)89-83(95)59-39-15-5-16-40-59)75(73)93-69-51-27-21-45-63(69)87-81(93)57-35-11-3-12-36-57/h1-54H. The van der Waals surface area contributed by atoms with Crippen LogP contribution in [0.2, 0.25) is 0 Å². The molecule has 0 saturated heterocycles. The number of fused-ring (bicyclic) bond motifs is 6. The van der Waals surface area contributed by atoms with E-state index in [4.69, 9.17) is 29.9 Å². The number of nitrogens with zero attached hydrogens (tertiary/aromatic N) is 12. The highest BCUT2D eigenvalue weighted by molar-refractivity contribution is 6.04. The van der Waals surface area contributed by atoms with E-state index in [1.165, 1.54) is 0 Å². The molecule has 19 rings (SSSR count). The van der Waals surface area contributed by atoms with Gasteiger partial charge in [-0.25, -0.2) is 29.9 Å². The van der Waals surface area contributed by atoms with Gasteiger partial charge in [0.25, 0.3) is 0 Å². The van der Waals surface area contributed by atoms with E-state index < -0.39 is 0 Å². The highest BCUT2D eigenvalue weighted by Gasteiger charge is 2.40. The quantitative estimate of drug-likeness (QED) is 0.121. The maximum absolute atomic E-state index is 5.83. The molecule has 13 aromatic carbocycles. The second kappa shape index (κ2) is 22.2. The van der Waals surface area contributed by atoms with Crippen LogP contribution in [0.15, 0.2) is 328 Å². The summed E-state index contributed by atoms with van der Waals surface area (Å²) in [6, 6.07) is 115. The molecule has 0 amide bonds. The zero-order valence-corrected chi connectivity index (χ0v) is 51.5. The molecule has 0 unspecified atom stereocenters. The van der Waals surface area contributed by atoms with Crippen molar-refractivity contribution in [2.45, 2.75) is 0 Å². The zero-order chi connectivity index (χ0) is 63.2. The number of imidazole rings is 6. The van der Waals surface area contributed by atoms with Gasteiger partial charge in [0.15, 0.2) is 0 Å². The lowest BCUT2D eigenvalue weighted by Gasteiger charge is -2.32. The van der Waals surface area contributed by atoms with Crippen molar-refractivity contribution in [2.75, 3.05) is 0 Å². The summed E-state index contributed by atoms with van der Waals surface area (Å²) in [7, 11) is 0. The van der Waals surface area contributed by atoms with Crippen LogP contribution in [0.25, 0.3) is 169 Å². The van der Waals surface area contributed by atoms with Crippen molar-refractivity contribution in [1.29, 1.82) is 0 Å². The van der Waals surface area contributed by atoms with E-state index in [1.807, 2.05) is 0 Å². The Morgan fingerprint density at radius 2 is 0.260 bits per heavy atom. The molecule has 0 bridgehead atoms. The molecular weight excluding hydrogens is 1180 g/mol. The molecule has 450 valence electrons. The second-order valence-corrected chi connectivity index (χ2v) is 23.8. The van der Waals surface area contributed by atoms with Crippen LogP contribution < -0.4 is 0 Å². The molecule has 96 heavy (non-hydrogen) atoms. The number of aromatic nitrogens is 12. The van der Waals surface area contributed by atoms with Crippen molar-refractivity contribution < 1.29 is 0 Å². The average Bonchev–Trinajstić information content (AvgIpc) is 1.41. The monoisotopic (exact) mass is 1230 g/mol. The first-order valence-corrected chi connectivity index (χ1v) is 32.1. The largest absolute Gasteiger partial charge is 0.288 e. The molecule has 0 spiro atoms. The normalized spacial score (nSPS) is 11.8. The van der Waals surface area contributed by atoms with Crippen molar-refractivity contribution in [2.24, 2.45) is 0 Å². The summed E-state index contributed by atoms with van der Waals surface area (Å²) in [5.41, 5.74) is 19.8. The molecule has 0 aliphatic carbocycles. The third-order valence-corrected chi connectivity index (χ3v) is 18.2. The van der Waals surface area contributed by atoms with Gasteiger partial charge in [-0.05, 0) is 72.8 Å². The average molecular weight is 1230 g/mol. The van der Waals surface area contributed by atoms with E-state index in [0.717, 1.165) is 134 Å². The van der Waals surface area contributed by atoms with Gasteiger partial charge in [-0.1, -0.05) is 255 Å². The summed E-state index contributed by atoms with van der Waals surface area (Å²) >= 11 is 0. The molecule has 0 atom stereocenters. The van der Waals surface area contributed by atoms with Gasteiger partial charge in [0.1, 0.15) is 69.1 Å². The number of benzene rings is 13. The molecule has 0 aliphatic rings. The molecule has 0 saturated carbocycles. The minimum absolute atomic E-state index is 0.705. The van der Waals surface area contributed by atoms with E-state index >= 15 is 0 Å². The second-order valence-electron chi connectivity index (χ2n) is 23.8. The van der Waals surface area contributed by atoms with Crippen LogP contribution in [0.1, 0.15) is 0 Å². The molecule has 0 aliphatic heterocycles. The van der Waals surface area contributed by atoms with Crippen LogP contribution >= 0.6 is 0 Å². The Hall–Kier alpha value is -13.3. The van der Waals surface area contributed by atoms with E-state index in [1.54, 1.807) is 0 Å². The highest BCUT2D eigenvalue weighted by Crippen LogP contribution is 2.53. The highest BCUT2D eigenvalue weighted by atomic mass is 15.3. The minimum atomic E-state index is 0.705. The molecule has 0 N–H and O–H groups in total. The van der Waals surface area contributed by atoms with Crippen molar-refractivity contribution in [3.05, 3.63) is 328 Å². The lowest BCUT2D eigenvalue weighted by atomic mass is 10.0. The van der Waals surface area contributed by atoms with Crippen LogP contribution in [0.5, 0.6) is 0 Å². The van der Waals surface area contributed by atoms with Crippen LogP contribution in [0.3, 0.4) is 0 Å². The molecule has 19 aromatic rings. The van der Waals surface area contributed by atoms with Gasteiger partial charge in [-0.15, -0.1) is 0 Å². The lowest BCUT2D eigenvalue weighted by Crippen LogP contribution is -2.22. The molecule has 6 aromatic heterocycles. The Morgan fingerprint density at radius 1 is 0.135 bits per heavy atom. The SMILES string of the molecule is c1ccc(-c2nc3ccccc3n2-c2c(-n3c(-c4ccccc4)nc4ccccc43)c(-n3c(-c4ccccc4)nc4ccccc43)c(-n3c(-c4ccccc4)nc4ccccc43)c(-n3c(-c4ccccc4)nc4ccccc43)c2-n2c(-c3ccccc3)nc3ccccc32)cc1. The van der Waals surface area contributed by atoms with Crippen LogP contribution in [-0.4, -0.2) is 57.3 Å². The number of hydrogen-bond donors (Lipinski definition) is 0. The van der Waals surface area contributed by atoms with Crippen molar-refractivity contribution >= 4 is 66.2 Å². The first kappa shape index (κ1) is 54.4.